The molecule has 0 aliphatic rings. The summed E-state index contributed by atoms with van der Waals surface area (Å²) in [5.41, 5.74) is 1.10. The Kier molecular flexibility index (Phi) is 3.25. The summed E-state index contributed by atoms with van der Waals surface area (Å²) >= 11 is 5.32. The first-order valence-electron chi connectivity index (χ1n) is 3.99. The number of rotatable bonds is 2. The first-order valence-corrected chi connectivity index (χ1v) is 4.37. The van der Waals surface area contributed by atoms with E-state index in [1.54, 1.807) is 13.0 Å². The van der Waals surface area contributed by atoms with Crippen molar-refractivity contribution in [3.8, 4) is 5.75 Å². The highest BCUT2D eigenvalue weighted by atomic mass is 35.5. The molecule has 4 heteroatoms. The highest BCUT2D eigenvalue weighted by Gasteiger charge is 2.07. The van der Waals surface area contributed by atoms with Crippen LogP contribution in [0, 0.1) is 6.92 Å². The molecule has 0 aliphatic carbocycles. The molecule has 0 aliphatic heterocycles. The van der Waals surface area contributed by atoms with Gasteiger partial charge in [-0.2, -0.15) is 0 Å². The van der Waals surface area contributed by atoms with Crippen LogP contribution in [0.25, 0.3) is 0 Å². The largest absolute Gasteiger partial charge is 0.427 e. The molecule has 0 radical (unpaired) electrons. The number of aryl methyl sites for hydroxylation is 1. The van der Waals surface area contributed by atoms with Crippen LogP contribution < -0.4 is 4.74 Å². The van der Waals surface area contributed by atoms with Gasteiger partial charge < -0.3 is 4.74 Å². The number of carbonyl (C=O) groups is 2. The van der Waals surface area contributed by atoms with Crippen LogP contribution in [0.1, 0.15) is 22.8 Å². The number of halogens is 1. The summed E-state index contributed by atoms with van der Waals surface area (Å²) in [5.74, 6) is 0.0195. The van der Waals surface area contributed by atoms with Gasteiger partial charge in [-0.15, -0.1) is 0 Å². The number of ether oxygens (including phenoxy) is 1. The fourth-order valence-electron chi connectivity index (χ4n) is 1.09. The molecule has 0 unspecified atom stereocenters. The zero-order valence-corrected chi connectivity index (χ0v) is 8.59. The van der Waals surface area contributed by atoms with Gasteiger partial charge in [0.05, 0.1) is 0 Å². The Morgan fingerprint density at radius 1 is 1.36 bits per heavy atom. The first-order chi connectivity index (χ1) is 6.50. The topological polar surface area (TPSA) is 43.4 Å². The lowest BCUT2D eigenvalue weighted by Crippen LogP contribution is -2.02. The van der Waals surface area contributed by atoms with Gasteiger partial charge in [0.25, 0.3) is 5.24 Å². The second-order valence-electron chi connectivity index (χ2n) is 2.84. The minimum atomic E-state index is -0.517. The summed E-state index contributed by atoms with van der Waals surface area (Å²) < 4.78 is 4.84. The van der Waals surface area contributed by atoms with E-state index < -0.39 is 11.2 Å². The first kappa shape index (κ1) is 10.7. The van der Waals surface area contributed by atoms with E-state index in [1.165, 1.54) is 19.1 Å². The van der Waals surface area contributed by atoms with Crippen LogP contribution in [0.3, 0.4) is 0 Å². The van der Waals surface area contributed by atoms with E-state index in [2.05, 4.69) is 0 Å². The molecule has 1 aromatic carbocycles. The van der Waals surface area contributed by atoms with Gasteiger partial charge in [0.2, 0.25) is 0 Å². The maximum Gasteiger partial charge on any atom is 0.308 e. The monoisotopic (exact) mass is 212 g/mol. The number of esters is 1. The second kappa shape index (κ2) is 4.24. The average molecular weight is 213 g/mol. The van der Waals surface area contributed by atoms with Gasteiger partial charge in [0, 0.05) is 12.5 Å². The third-order valence-electron chi connectivity index (χ3n) is 1.67. The van der Waals surface area contributed by atoms with Crippen molar-refractivity contribution < 1.29 is 14.3 Å². The summed E-state index contributed by atoms with van der Waals surface area (Å²) in [5, 5.41) is -0.517. The highest BCUT2D eigenvalue weighted by Crippen LogP contribution is 2.18. The molecule has 3 nitrogen and oxygen atoms in total. The average Bonchev–Trinajstić information content (AvgIpc) is 2.01. The van der Waals surface area contributed by atoms with Gasteiger partial charge in [-0.1, -0.05) is 0 Å². The van der Waals surface area contributed by atoms with Crippen molar-refractivity contribution in [3.05, 3.63) is 29.3 Å². The predicted molar refractivity (Wildman–Crippen MR) is 52.7 cm³/mol. The van der Waals surface area contributed by atoms with Crippen molar-refractivity contribution in [1.82, 2.24) is 0 Å². The fraction of sp³-hybridized carbons (Fsp3) is 0.200. The Balaban J connectivity index is 3.00. The molecule has 14 heavy (non-hydrogen) atoms. The maximum absolute atomic E-state index is 10.9. The van der Waals surface area contributed by atoms with Gasteiger partial charge in [-0.3, -0.25) is 9.59 Å². The van der Waals surface area contributed by atoms with E-state index in [-0.39, 0.29) is 0 Å². The molecule has 1 aromatic rings. The van der Waals surface area contributed by atoms with E-state index in [0.29, 0.717) is 16.9 Å². The molecular formula is C10H9ClO3. The van der Waals surface area contributed by atoms with Crippen molar-refractivity contribution >= 4 is 22.8 Å². The van der Waals surface area contributed by atoms with Crippen molar-refractivity contribution in [3.63, 3.8) is 0 Å². The number of carbonyl (C=O) groups excluding carboxylic acids is 2. The van der Waals surface area contributed by atoms with Gasteiger partial charge in [-0.05, 0) is 42.3 Å². The van der Waals surface area contributed by atoms with Crippen LogP contribution in [0.15, 0.2) is 18.2 Å². The smallest absolute Gasteiger partial charge is 0.308 e. The van der Waals surface area contributed by atoms with Crippen LogP contribution in [0.2, 0.25) is 0 Å². The van der Waals surface area contributed by atoms with E-state index in [4.69, 9.17) is 16.3 Å². The van der Waals surface area contributed by atoms with Crippen molar-refractivity contribution in [2.45, 2.75) is 13.8 Å². The summed E-state index contributed by atoms with van der Waals surface area (Å²) in [4.78, 5) is 21.5. The number of hydrogen-bond acceptors (Lipinski definition) is 3. The Bertz CT molecular complexity index is 385. The zero-order valence-electron chi connectivity index (χ0n) is 7.83. The molecule has 0 N–H and O–H groups in total. The standard InChI is InChI=1S/C10H9ClO3/c1-6-5-8(14-7(2)12)3-4-9(6)10(11)13/h3-5H,1-2H3. The molecule has 0 amide bonds. The lowest BCUT2D eigenvalue weighted by atomic mass is 10.1. The lowest BCUT2D eigenvalue weighted by molar-refractivity contribution is -0.131. The minimum Gasteiger partial charge on any atom is -0.427 e. The fourth-order valence-corrected chi connectivity index (χ4v) is 1.30. The van der Waals surface area contributed by atoms with E-state index >= 15 is 0 Å². The third kappa shape index (κ3) is 2.57. The molecule has 0 spiro atoms. The Hall–Kier alpha value is -1.35. The molecule has 0 heterocycles. The van der Waals surface area contributed by atoms with Gasteiger partial charge in [0.1, 0.15) is 5.75 Å². The van der Waals surface area contributed by atoms with Gasteiger partial charge in [0.15, 0.2) is 0 Å². The molecule has 0 saturated carbocycles. The zero-order chi connectivity index (χ0) is 10.7. The van der Waals surface area contributed by atoms with Crippen LogP contribution in [0.5, 0.6) is 5.75 Å². The van der Waals surface area contributed by atoms with Crippen LogP contribution in [0.4, 0.5) is 0 Å². The molecule has 1 rings (SSSR count). The van der Waals surface area contributed by atoms with Crippen LogP contribution in [-0.2, 0) is 4.79 Å². The molecule has 74 valence electrons. The molecule has 0 fully saturated rings. The predicted octanol–water partition coefficient (Wildman–Crippen LogP) is 2.30. The summed E-state index contributed by atoms with van der Waals surface area (Å²) in [6.45, 7) is 3.04. The van der Waals surface area contributed by atoms with Crippen molar-refractivity contribution in [2.24, 2.45) is 0 Å². The second-order valence-corrected chi connectivity index (χ2v) is 3.19. The van der Waals surface area contributed by atoms with Crippen molar-refractivity contribution in [2.75, 3.05) is 0 Å². The summed E-state index contributed by atoms with van der Waals surface area (Å²) in [7, 11) is 0. The Morgan fingerprint density at radius 3 is 2.43 bits per heavy atom. The molecule has 0 aromatic heterocycles. The normalized spacial score (nSPS) is 9.64. The Morgan fingerprint density at radius 2 is 2.00 bits per heavy atom. The van der Waals surface area contributed by atoms with Gasteiger partial charge in [-0.25, -0.2) is 0 Å². The van der Waals surface area contributed by atoms with Crippen LogP contribution in [-0.4, -0.2) is 11.2 Å². The summed E-state index contributed by atoms with van der Waals surface area (Å²) in [6, 6.07) is 4.66. The number of benzene rings is 1. The van der Waals surface area contributed by atoms with Crippen molar-refractivity contribution in [1.29, 1.82) is 0 Å². The van der Waals surface area contributed by atoms with E-state index in [1.807, 2.05) is 0 Å². The lowest BCUT2D eigenvalue weighted by Gasteiger charge is -2.04. The highest BCUT2D eigenvalue weighted by molar-refractivity contribution is 6.67. The third-order valence-corrected chi connectivity index (χ3v) is 1.87. The molecule has 0 atom stereocenters. The molecular weight excluding hydrogens is 204 g/mol. The van der Waals surface area contributed by atoms with E-state index in [9.17, 15) is 9.59 Å². The summed E-state index contributed by atoms with van der Waals surface area (Å²) in [6.07, 6.45) is 0. The maximum atomic E-state index is 10.9. The van der Waals surface area contributed by atoms with Crippen LogP contribution >= 0.6 is 11.6 Å². The number of hydrogen-bond donors (Lipinski definition) is 0. The Labute approximate surface area is 86.6 Å². The molecule has 0 saturated heterocycles. The molecule has 0 bridgehead atoms. The SMILES string of the molecule is CC(=O)Oc1ccc(C(=O)Cl)c(C)c1. The minimum absolute atomic E-state index is 0.394. The van der Waals surface area contributed by atoms with Gasteiger partial charge >= 0.3 is 5.97 Å². The quantitative estimate of drug-likeness (QED) is 0.429. The van der Waals surface area contributed by atoms with E-state index in [0.717, 1.165) is 0 Å².